The Bertz CT molecular complexity index is 864. The van der Waals surface area contributed by atoms with Crippen LogP contribution in [0.15, 0.2) is 30.5 Å². The van der Waals surface area contributed by atoms with Crippen LogP contribution < -0.4 is 5.32 Å². The van der Waals surface area contributed by atoms with Crippen molar-refractivity contribution >= 4 is 56.6 Å². The number of thiazole rings is 1. The molecular weight excluding hydrogens is 410 g/mol. The van der Waals surface area contributed by atoms with Crippen molar-refractivity contribution in [2.75, 3.05) is 11.9 Å². The number of nitrogens with one attached hydrogen (secondary N) is 1. The number of carbonyl (C=O) groups excluding carboxylic acids is 2. The second kappa shape index (κ2) is 9.62. The minimum atomic E-state index is -0.0894. The molecule has 0 bridgehead atoms. The summed E-state index contributed by atoms with van der Waals surface area (Å²) in [6.07, 6.45) is 4.30. The standard InChI is InChI=1S/C20H23N3O2S3/c1-3-16-18(25)23(20(26)28-16)10-4-5-17(24)22-19-21-12-15(27-19)11-14-8-6-13(2)7-9-14/h6-9,12,16H,3-5,10-11H2,1-2H3,(H,21,22,24). The number of hydrogen-bond acceptors (Lipinski definition) is 6. The molecule has 3 rings (SSSR count). The van der Waals surface area contributed by atoms with E-state index in [0.29, 0.717) is 28.8 Å². The van der Waals surface area contributed by atoms with Gasteiger partial charge >= 0.3 is 0 Å². The number of benzene rings is 1. The molecule has 1 aliphatic heterocycles. The van der Waals surface area contributed by atoms with Crippen LogP contribution in [-0.2, 0) is 16.0 Å². The lowest BCUT2D eigenvalue weighted by atomic mass is 10.1. The first-order valence-electron chi connectivity index (χ1n) is 9.28. The van der Waals surface area contributed by atoms with E-state index in [4.69, 9.17) is 12.2 Å². The summed E-state index contributed by atoms with van der Waals surface area (Å²) in [5, 5.41) is 3.40. The Morgan fingerprint density at radius 1 is 1.32 bits per heavy atom. The fourth-order valence-corrected chi connectivity index (χ4v) is 5.23. The molecule has 8 heteroatoms. The third-order valence-corrected chi connectivity index (χ3v) is 7.12. The molecule has 2 heterocycles. The maximum Gasteiger partial charge on any atom is 0.241 e. The van der Waals surface area contributed by atoms with E-state index in [1.54, 1.807) is 4.90 Å². The molecule has 0 spiro atoms. The van der Waals surface area contributed by atoms with Gasteiger partial charge in [0.2, 0.25) is 11.8 Å². The molecule has 1 atom stereocenters. The quantitative estimate of drug-likeness (QED) is 0.625. The predicted octanol–water partition coefficient (Wildman–Crippen LogP) is 4.40. The first-order chi connectivity index (χ1) is 13.5. The molecule has 0 aliphatic carbocycles. The van der Waals surface area contributed by atoms with Crippen molar-refractivity contribution in [2.45, 2.75) is 44.8 Å². The van der Waals surface area contributed by atoms with Gasteiger partial charge in [0.05, 0.1) is 5.25 Å². The number of hydrogen-bond donors (Lipinski definition) is 1. The van der Waals surface area contributed by atoms with Crippen LogP contribution in [0.5, 0.6) is 0 Å². The van der Waals surface area contributed by atoms with Gasteiger partial charge in [0, 0.05) is 30.5 Å². The Hall–Kier alpha value is -1.77. The molecule has 1 aromatic carbocycles. The van der Waals surface area contributed by atoms with Crippen molar-refractivity contribution in [1.29, 1.82) is 0 Å². The van der Waals surface area contributed by atoms with Gasteiger partial charge in [0.1, 0.15) is 4.32 Å². The molecule has 28 heavy (non-hydrogen) atoms. The summed E-state index contributed by atoms with van der Waals surface area (Å²) in [7, 11) is 0. The highest BCUT2D eigenvalue weighted by Gasteiger charge is 2.35. The largest absolute Gasteiger partial charge is 0.302 e. The molecule has 1 unspecified atom stereocenters. The minimum Gasteiger partial charge on any atom is -0.302 e. The number of thiocarbonyl (C=S) groups is 1. The number of anilines is 1. The maximum absolute atomic E-state index is 12.2. The zero-order chi connectivity index (χ0) is 20.1. The Kier molecular flexibility index (Phi) is 7.20. The summed E-state index contributed by atoms with van der Waals surface area (Å²) < 4.78 is 0.623. The topological polar surface area (TPSA) is 62.3 Å². The number of amides is 2. The molecule has 148 valence electrons. The van der Waals surface area contributed by atoms with Crippen molar-refractivity contribution in [2.24, 2.45) is 0 Å². The smallest absolute Gasteiger partial charge is 0.241 e. The number of nitrogens with zero attached hydrogens (tertiary/aromatic N) is 2. The third kappa shape index (κ3) is 5.40. The van der Waals surface area contributed by atoms with Gasteiger partial charge in [-0.25, -0.2) is 4.98 Å². The van der Waals surface area contributed by atoms with E-state index in [1.807, 2.05) is 13.1 Å². The van der Waals surface area contributed by atoms with E-state index in [-0.39, 0.29) is 17.1 Å². The van der Waals surface area contributed by atoms with E-state index < -0.39 is 0 Å². The van der Waals surface area contributed by atoms with Crippen LogP contribution in [0.25, 0.3) is 0 Å². The fourth-order valence-electron chi connectivity index (χ4n) is 2.89. The van der Waals surface area contributed by atoms with Crippen molar-refractivity contribution in [3.63, 3.8) is 0 Å². The maximum atomic E-state index is 12.2. The van der Waals surface area contributed by atoms with Crippen LogP contribution >= 0.6 is 35.3 Å². The number of thioether (sulfide) groups is 1. The van der Waals surface area contributed by atoms with Crippen LogP contribution in [0.3, 0.4) is 0 Å². The highest BCUT2D eigenvalue weighted by atomic mass is 32.2. The van der Waals surface area contributed by atoms with Gasteiger partial charge in [-0.15, -0.1) is 11.3 Å². The molecule has 2 aromatic rings. The Balaban J connectivity index is 1.44. The van der Waals surface area contributed by atoms with Gasteiger partial charge in [0.25, 0.3) is 0 Å². The summed E-state index contributed by atoms with van der Waals surface area (Å²) in [5.74, 6) is -0.0212. The number of aryl methyl sites for hydroxylation is 1. The third-order valence-electron chi connectivity index (χ3n) is 4.46. The van der Waals surface area contributed by atoms with Crippen molar-refractivity contribution in [3.05, 3.63) is 46.5 Å². The average molecular weight is 434 g/mol. The fraction of sp³-hybridized carbons (Fsp3) is 0.400. The van der Waals surface area contributed by atoms with E-state index in [2.05, 4.69) is 41.5 Å². The van der Waals surface area contributed by atoms with Gasteiger partial charge in [0.15, 0.2) is 5.13 Å². The van der Waals surface area contributed by atoms with Crippen LogP contribution in [0.2, 0.25) is 0 Å². The number of rotatable bonds is 8. The van der Waals surface area contributed by atoms with Crippen LogP contribution in [0.1, 0.15) is 42.2 Å². The summed E-state index contributed by atoms with van der Waals surface area (Å²) in [4.78, 5) is 31.4. The van der Waals surface area contributed by atoms with Gasteiger partial charge in [-0.3, -0.25) is 14.5 Å². The lowest BCUT2D eigenvalue weighted by Crippen LogP contribution is -2.32. The van der Waals surface area contributed by atoms with Gasteiger partial charge < -0.3 is 5.32 Å². The zero-order valence-electron chi connectivity index (χ0n) is 15.9. The minimum absolute atomic E-state index is 0.0661. The molecule has 1 N–H and O–H groups in total. The van der Waals surface area contributed by atoms with Crippen LogP contribution in [0, 0.1) is 6.92 Å². The summed E-state index contributed by atoms with van der Waals surface area (Å²) >= 11 is 8.21. The Labute approximate surface area is 178 Å². The first-order valence-corrected chi connectivity index (χ1v) is 11.4. The molecule has 1 saturated heterocycles. The Morgan fingerprint density at radius 2 is 2.07 bits per heavy atom. The molecule has 0 radical (unpaired) electrons. The summed E-state index contributed by atoms with van der Waals surface area (Å²) in [5.41, 5.74) is 2.46. The average Bonchev–Trinajstić information content (AvgIpc) is 3.21. The van der Waals surface area contributed by atoms with E-state index in [0.717, 1.165) is 17.7 Å². The van der Waals surface area contributed by atoms with Crippen LogP contribution in [-0.4, -0.2) is 37.8 Å². The normalized spacial score (nSPS) is 16.6. The predicted molar refractivity (Wildman–Crippen MR) is 120 cm³/mol. The second-order valence-corrected chi connectivity index (χ2v) is 9.67. The lowest BCUT2D eigenvalue weighted by molar-refractivity contribution is -0.126. The molecule has 0 saturated carbocycles. The van der Waals surface area contributed by atoms with Crippen molar-refractivity contribution in [1.82, 2.24) is 9.88 Å². The molecular formula is C20H23N3O2S3. The van der Waals surface area contributed by atoms with Gasteiger partial charge in [-0.1, -0.05) is 60.7 Å². The van der Waals surface area contributed by atoms with Crippen LogP contribution in [0.4, 0.5) is 5.13 Å². The molecule has 5 nitrogen and oxygen atoms in total. The van der Waals surface area contributed by atoms with E-state index in [1.165, 1.54) is 34.2 Å². The van der Waals surface area contributed by atoms with Crippen molar-refractivity contribution in [3.8, 4) is 0 Å². The molecule has 1 fully saturated rings. The zero-order valence-corrected chi connectivity index (χ0v) is 18.4. The molecule has 1 aromatic heterocycles. The molecule has 2 amide bonds. The monoisotopic (exact) mass is 433 g/mol. The Morgan fingerprint density at radius 3 is 2.75 bits per heavy atom. The molecule has 1 aliphatic rings. The van der Waals surface area contributed by atoms with E-state index >= 15 is 0 Å². The van der Waals surface area contributed by atoms with Gasteiger partial charge in [-0.05, 0) is 25.3 Å². The SMILES string of the molecule is CCC1SC(=S)N(CCCC(=O)Nc2ncc(Cc3ccc(C)cc3)s2)C1=O. The number of carbonyl (C=O) groups is 2. The summed E-state index contributed by atoms with van der Waals surface area (Å²) in [6.45, 7) is 4.54. The van der Waals surface area contributed by atoms with Gasteiger partial charge in [-0.2, -0.15) is 0 Å². The highest BCUT2D eigenvalue weighted by molar-refractivity contribution is 8.24. The summed E-state index contributed by atoms with van der Waals surface area (Å²) in [6, 6.07) is 8.41. The number of aromatic nitrogens is 1. The second-order valence-electron chi connectivity index (χ2n) is 6.72. The van der Waals surface area contributed by atoms with E-state index in [9.17, 15) is 9.59 Å². The van der Waals surface area contributed by atoms with Crippen molar-refractivity contribution < 1.29 is 9.59 Å². The first kappa shape index (κ1) is 21.0. The lowest BCUT2D eigenvalue weighted by Gasteiger charge is -2.14. The highest BCUT2D eigenvalue weighted by Crippen LogP contribution is 2.29.